The van der Waals surface area contributed by atoms with Crippen LogP contribution in [0, 0.1) is 5.82 Å². The van der Waals surface area contributed by atoms with Crippen molar-refractivity contribution in [1.29, 1.82) is 0 Å². The Labute approximate surface area is 176 Å². The van der Waals surface area contributed by atoms with Gasteiger partial charge in [0.05, 0.1) is 0 Å². The molecule has 1 saturated heterocycles. The minimum Gasteiger partial charge on any atom is -0.492 e. The molecule has 1 N–H and O–H groups in total. The summed E-state index contributed by atoms with van der Waals surface area (Å²) in [5, 5.41) is 2.77. The zero-order valence-electron chi connectivity index (χ0n) is 17.3. The highest BCUT2D eigenvalue weighted by atomic mass is 19.1. The molecule has 0 unspecified atom stereocenters. The second-order valence-electron chi connectivity index (χ2n) is 7.32. The molecule has 0 aromatic heterocycles. The van der Waals surface area contributed by atoms with E-state index in [-0.39, 0.29) is 18.3 Å². The van der Waals surface area contributed by atoms with Crippen molar-refractivity contribution in [1.82, 2.24) is 10.2 Å². The molecule has 2 aromatic carbocycles. The van der Waals surface area contributed by atoms with Crippen LogP contribution in [0.4, 0.5) is 4.39 Å². The number of carbonyl (C=O) groups is 1. The first-order valence-electron chi connectivity index (χ1n) is 10.3. The summed E-state index contributed by atoms with van der Waals surface area (Å²) in [5.74, 6) is 0.0266. The lowest BCUT2D eigenvalue weighted by Gasteiger charge is -2.31. The first kappa shape index (κ1) is 22.1. The molecule has 0 aliphatic carbocycles. The minimum absolute atomic E-state index is 0.0637. The van der Waals surface area contributed by atoms with Crippen LogP contribution < -0.4 is 14.8 Å². The van der Waals surface area contributed by atoms with Crippen molar-refractivity contribution in [2.75, 3.05) is 40.0 Å². The number of carbonyl (C=O) groups excluding carboxylic acids is 1. The highest BCUT2D eigenvalue weighted by Gasteiger charge is 2.18. The number of hydrogen-bond acceptors (Lipinski definition) is 5. The lowest BCUT2D eigenvalue weighted by atomic mass is 10.1. The summed E-state index contributed by atoms with van der Waals surface area (Å²) in [7, 11) is 2.12. The monoisotopic (exact) mass is 416 g/mol. The highest BCUT2D eigenvalue weighted by molar-refractivity contribution is 5.77. The normalized spacial score (nSPS) is 14.5. The minimum atomic E-state index is -0.488. The van der Waals surface area contributed by atoms with E-state index in [2.05, 4.69) is 17.3 Å². The second-order valence-corrected chi connectivity index (χ2v) is 7.32. The average molecular weight is 416 g/mol. The molecule has 0 bridgehead atoms. The van der Waals surface area contributed by atoms with E-state index in [4.69, 9.17) is 14.2 Å². The standard InChI is InChI=1S/C23H29FN2O4/c1-26(19-9-12-28-13-10-19)11-14-29-20-6-4-5-18(15-20)16-25-23(27)17-30-22-8-3-2-7-21(22)24/h2-8,15,19H,9-14,16-17H2,1H3,(H,25,27). The Bertz CT molecular complexity index is 811. The summed E-state index contributed by atoms with van der Waals surface area (Å²) in [6.07, 6.45) is 2.12. The molecular weight excluding hydrogens is 387 g/mol. The number of benzene rings is 2. The highest BCUT2D eigenvalue weighted by Crippen LogP contribution is 2.16. The van der Waals surface area contributed by atoms with Crippen molar-refractivity contribution >= 4 is 5.91 Å². The Morgan fingerprint density at radius 3 is 2.77 bits per heavy atom. The van der Waals surface area contributed by atoms with E-state index in [1.807, 2.05) is 24.3 Å². The largest absolute Gasteiger partial charge is 0.492 e. The number of amides is 1. The molecule has 162 valence electrons. The fourth-order valence-corrected chi connectivity index (χ4v) is 3.32. The number of rotatable bonds is 10. The van der Waals surface area contributed by atoms with Crippen LogP contribution in [0.25, 0.3) is 0 Å². The first-order valence-corrected chi connectivity index (χ1v) is 10.3. The number of nitrogens with one attached hydrogen (secondary N) is 1. The van der Waals surface area contributed by atoms with Crippen LogP contribution in [-0.2, 0) is 16.1 Å². The molecular formula is C23H29FN2O4. The van der Waals surface area contributed by atoms with Gasteiger partial charge in [-0.15, -0.1) is 0 Å². The van der Waals surface area contributed by atoms with Crippen molar-refractivity contribution < 1.29 is 23.4 Å². The molecule has 1 aliphatic heterocycles. The van der Waals surface area contributed by atoms with Crippen LogP contribution in [0.2, 0.25) is 0 Å². The van der Waals surface area contributed by atoms with Crippen LogP contribution in [0.1, 0.15) is 18.4 Å². The van der Waals surface area contributed by atoms with Gasteiger partial charge in [-0.2, -0.15) is 0 Å². The number of ether oxygens (including phenoxy) is 3. The Hall–Kier alpha value is -2.64. The molecule has 1 aliphatic rings. The van der Waals surface area contributed by atoms with Crippen LogP contribution in [0.5, 0.6) is 11.5 Å². The van der Waals surface area contributed by atoms with Gasteiger partial charge in [0.25, 0.3) is 5.91 Å². The Morgan fingerprint density at radius 1 is 1.17 bits per heavy atom. The molecule has 7 heteroatoms. The van der Waals surface area contributed by atoms with Crippen LogP contribution >= 0.6 is 0 Å². The maximum atomic E-state index is 13.5. The van der Waals surface area contributed by atoms with Gasteiger partial charge in [0.15, 0.2) is 18.2 Å². The van der Waals surface area contributed by atoms with Gasteiger partial charge in [-0.05, 0) is 49.7 Å². The zero-order chi connectivity index (χ0) is 21.2. The van der Waals surface area contributed by atoms with Crippen LogP contribution in [0.3, 0.4) is 0 Å². The topological polar surface area (TPSA) is 60.0 Å². The molecule has 1 heterocycles. The SMILES string of the molecule is CN(CCOc1cccc(CNC(=O)COc2ccccc2F)c1)C1CCOCC1. The number of nitrogens with zero attached hydrogens (tertiary/aromatic N) is 1. The molecule has 0 radical (unpaired) electrons. The van der Waals surface area contributed by atoms with E-state index in [9.17, 15) is 9.18 Å². The van der Waals surface area contributed by atoms with Gasteiger partial charge < -0.3 is 19.5 Å². The van der Waals surface area contributed by atoms with E-state index < -0.39 is 5.82 Å². The Kier molecular flexibility index (Phi) is 8.47. The van der Waals surface area contributed by atoms with Crippen molar-refractivity contribution in [3.63, 3.8) is 0 Å². The molecule has 3 rings (SSSR count). The number of likely N-dealkylation sites (N-methyl/N-ethyl adjacent to an activating group) is 1. The maximum absolute atomic E-state index is 13.5. The molecule has 0 spiro atoms. The fraction of sp³-hybridized carbons (Fsp3) is 0.435. The molecule has 6 nitrogen and oxygen atoms in total. The third-order valence-electron chi connectivity index (χ3n) is 5.11. The summed E-state index contributed by atoms with van der Waals surface area (Å²) in [6.45, 7) is 3.21. The summed E-state index contributed by atoms with van der Waals surface area (Å²) in [6, 6.07) is 14.2. The molecule has 0 saturated carbocycles. The summed E-state index contributed by atoms with van der Waals surface area (Å²) in [5.41, 5.74) is 0.921. The maximum Gasteiger partial charge on any atom is 0.258 e. The number of halogens is 1. The molecule has 1 amide bonds. The van der Waals surface area contributed by atoms with E-state index in [0.717, 1.165) is 43.9 Å². The average Bonchev–Trinajstić information content (AvgIpc) is 2.78. The molecule has 2 aromatic rings. The number of para-hydroxylation sites is 1. The number of hydrogen-bond donors (Lipinski definition) is 1. The van der Waals surface area contributed by atoms with Gasteiger partial charge in [0.1, 0.15) is 12.4 Å². The van der Waals surface area contributed by atoms with E-state index in [1.165, 1.54) is 12.1 Å². The Balaban J connectivity index is 1.38. The summed E-state index contributed by atoms with van der Waals surface area (Å²) in [4.78, 5) is 14.3. The molecule has 1 fully saturated rings. The summed E-state index contributed by atoms with van der Waals surface area (Å²) < 4.78 is 30.0. The smallest absolute Gasteiger partial charge is 0.258 e. The quantitative estimate of drug-likeness (QED) is 0.645. The van der Waals surface area contributed by atoms with Crippen molar-refractivity contribution in [3.05, 3.63) is 59.9 Å². The van der Waals surface area contributed by atoms with Gasteiger partial charge in [0, 0.05) is 32.3 Å². The zero-order valence-corrected chi connectivity index (χ0v) is 17.3. The van der Waals surface area contributed by atoms with Crippen molar-refractivity contribution in [3.8, 4) is 11.5 Å². The van der Waals surface area contributed by atoms with E-state index in [1.54, 1.807) is 12.1 Å². The third kappa shape index (κ3) is 7.00. The van der Waals surface area contributed by atoms with E-state index >= 15 is 0 Å². The van der Waals surface area contributed by atoms with Crippen molar-refractivity contribution in [2.45, 2.75) is 25.4 Å². The predicted octanol–water partition coefficient (Wildman–Crippen LogP) is 3.01. The first-order chi connectivity index (χ1) is 14.6. The predicted molar refractivity (Wildman–Crippen MR) is 112 cm³/mol. The van der Waals surface area contributed by atoms with Gasteiger partial charge in [-0.3, -0.25) is 9.69 Å². The van der Waals surface area contributed by atoms with Crippen molar-refractivity contribution in [2.24, 2.45) is 0 Å². The Morgan fingerprint density at radius 2 is 1.97 bits per heavy atom. The van der Waals surface area contributed by atoms with Crippen LogP contribution in [0.15, 0.2) is 48.5 Å². The van der Waals surface area contributed by atoms with Gasteiger partial charge in [-0.25, -0.2) is 4.39 Å². The van der Waals surface area contributed by atoms with E-state index in [0.29, 0.717) is 19.2 Å². The second kappa shape index (κ2) is 11.5. The van der Waals surface area contributed by atoms with Gasteiger partial charge >= 0.3 is 0 Å². The van der Waals surface area contributed by atoms with Gasteiger partial charge in [-0.1, -0.05) is 24.3 Å². The fourth-order valence-electron chi connectivity index (χ4n) is 3.32. The van der Waals surface area contributed by atoms with Crippen LogP contribution in [-0.4, -0.2) is 56.9 Å². The lowest BCUT2D eigenvalue weighted by Crippen LogP contribution is -2.38. The third-order valence-corrected chi connectivity index (χ3v) is 5.11. The van der Waals surface area contributed by atoms with Gasteiger partial charge in [0.2, 0.25) is 0 Å². The lowest BCUT2D eigenvalue weighted by molar-refractivity contribution is -0.123. The molecule has 0 atom stereocenters. The molecule has 30 heavy (non-hydrogen) atoms. The summed E-state index contributed by atoms with van der Waals surface area (Å²) >= 11 is 0.